The largest absolute Gasteiger partial charge is 0.306 e. The van der Waals surface area contributed by atoms with Crippen LogP contribution in [0.5, 0.6) is 0 Å². The molecule has 0 fully saturated rings. The lowest BCUT2D eigenvalue weighted by molar-refractivity contribution is 0.953. The fraction of sp³-hybridized carbons (Fsp3) is 0. The summed E-state index contributed by atoms with van der Waals surface area (Å²) in [4.78, 5) is 16.1. The predicted molar refractivity (Wildman–Crippen MR) is 263 cm³/mol. The molecule has 0 unspecified atom stereocenters. The molecular formula is C57H35N5S. The van der Waals surface area contributed by atoms with Gasteiger partial charge in [-0.25, -0.2) is 4.98 Å². The molecule has 0 aliphatic heterocycles. The SMILES string of the molecule is c1ccc(-c2nc(-c3ccc4sc5ccccc5c4c3)nc(-n3c4ccccc4c4ccc5c6ccccc6n(-c6c(-c7ccccc7)cccc6-c6ccccc6)c5c43)n2)cc1. The third-order valence-corrected chi connectivity index (χ3v) is 13.5. The Bertz CT molecular complexity index is 3850. The highest BCUT2D eigenvalue weighted by Gasteiger charge is 2.26. The normalized spacial score (nSPS) is 11.8. The first-order chi connectivity index (χ1) is 31.3. The van der Waals surface area contributed by atoms with Gasteiger partial charge in [0.05, 0.1) is 27.8 Å². The van der Waals surface area contributed by atoms with Gasteiger partial charge in [0.25, 0.3) is 0 Å². The molecule has 13 aromatic rings. The molecule has 0 aliphatic carbocycles. The van der Waals surface area contributed by atoms with Gasteiger partial charge in [0.2, 0.25) is 5.95 Å². The summed E-state index contributed by atoms with van der Waals surface area (Å²) >= 11 is 1.81. The molecule has 0 N–H and O–H groups in total. The zero-order valence-corrected chi connectivity index (χ0v) is 34.7. The van der Waals surface area contributed by atoms with Gasteiger partial charge in [-0.15, -0.1) is 11.3 Å². The van der Waals surface area contributed by atoms with Crippen LogP contribution < -0.4 is 0 Å². The van der Waals surface area contributed by atoms with Crippen molar-refractivity contribution >= 4 is 75.1 Å². The number of para-hydroxylation sites is 3. The summed E-state index contributed by atoms with van der Waals surface area (Å²) in [5, 5.41) is 7.00. The highest BCUT2D eigenvalue weighted by Crippen LogP contribution is 2.46. The molecule has 4 heterocycles. The molecule has 0 aliphatic rings. The van der Waals surface area contributed by atoms with Crippen LogP contribution in [0, 0.1) is 0 Å². The second-order valence-corrected chi connectivity index (χ2v) is 17.0. The van der Waals surface area contributed by atoms with Crippen molar-refractivity contribution in [1.82, 2.24) is 24.1 Å². The average Bonchev–Trinajstić information content (AvgIpc) is 4.02. The van der Waals surface area contributed by atoms with Crippen molar-refractivity contribution in [3.63, 3.8) is 0 Å². The van der Waals surface area contributed by atoms with Gasteiger partial charge in [-0.1, -0.05) is 176 Å². The molecule has 6 heteroatoms. The monoisotopic (exact) mass is 821 g/mol. The summed E-state index contributed by atoms with van der Waals surface area (Å²) in [6.07, 6.45) is 0. The molecule has 0 bridgehead atoms. The van der Waals surface area contributed by atoms with E-state index in [9.17, 15) is 0 Å². The number of rotatable bonds is 6. The van der Waals surface area contributed by atoms with Crippen LogP contribution in [0.25, 0.3) is 120 Å². The fourth-order valence-corrected chi connectivity index (χ4v) is 10.7. The summed E-state index contributed by atoms with van der Waals surface area (Å²) in [5.74, 6) is 1.80. The van der Waals surface area contributed by atoms with Crippen molar-refractivity contribution in [3.05, 3.63) is 212 Å². The summed E-state index contributed by atoms with van der Waals surface area (Å²) < 4.78 is 7.29. The van der Waals surface area contributed by atoms with Crippen LogP contribution in [0.3, 0.4) is 0 Å². The average molecular weight is 822 g/mol. The third kappa shape index (κ3) is 5.59. The number of aromatic nitrogens is 5. The maximum absolute atomic E-state index is 5.47. The summed E-state index contributed by atoms with van der Waals surface area (Å²) in [6.45, 7) is 0. The number of benzene rings is 9. The van der Waals surface area contributed by atoms with E-state index in [1.807, 2.05) is 29.5 Å². The van der Waals surface area contributed by atoms with E-state index in [1.165, 1.54) is 25.6 Å². The minimum absolute atomic E-state index is 0.560. The molecule has 5 nitrogen and oxygen atoms in total. The topological polar surface area (TPSA) is 48.5 Å². The first-order valence-electron chi connectivity index (χ1n) is 21.2. The second kappa shape index (κ2) is 14.2. The van der Waals surface area contributed by atoms with Gasteiger partial charge < -0.3 is 4.57 Å². The highest BCUT2D eigenvalue weighted by molar-refractivity contribution is 7.25. The van der Waals surface area contributed by atoms with Crippen molar-refractivity contribution in [3.8, 4) is 56.7 Å². The van der Waals surface area contributed by atoms with E-state index in [2.05, 4.69) is 203 Å². The molecule has 9 aromatic carbocycles. The predicted octanol–water partition coefficient (Wildman–Crippen LogP) is 15.1. The Hall–Kier alpha value is -8.19. The third-order valence-electron chi connectivity index (χ3n) is 12.4. The Morgan fingerprint density at radius 1 is 0.317 bits per heavy atom. The minimum atomic E-state index is 0.560. The van der Waals surface area contributed by atoms with E-state index in [1.54, 1.807) is 0 Å². The summed E-state index contributed by atoms with van der Waals surface area (Å²) in [7, 11) is 0. The van der Waals surface area contributed by atoms with Crippen LogP contribution in [0.4, 0.5) is 0 Å². The molecule has 0 radical (unpaired) electrons. The maximum Gasteiger partial charge on any atom is 0.238 e. The molecular weight excluding hydrogens is 787 g/mol. The highest BCUT2D eigenvalue weighted by atomic mass is 32.1. The van der Waals surface area contributed by atoms with E-state index in [-0.39, 0.29) is 0 Å². The molecule has 4 aromatic heterocycles. The van der Waals surface area contributed by atoms with Gasteiger partial charge in [-0.2, -0.15) is 9.97 Å². The molecule has 0 saturated carbocycles. The Morgan fingerprint density at radius 3 is 1.44 bits per heavy atom. The van der Waals surface area contributed by atoms with Gasteiger partial charge >= 0.3 is 0 Å². The standard InChI is InChI=1S/C57H35N5S/c1-4-17-36(18-5-1)40-26-16-27-41(37-19-6-2-7-20-37)52(40)61-48-28-13-10-23-42(48)45-32-33-46-43-24-11-14-29-49(43)62(54(46)53(45)61)57-59-55(38-21-8-3-9-22-38)58-56(60-57)39-31-34-51-47(35-39)44-25-12-15-30-50(44)63-51/h1-35H. The van der Waals surface area contributed by atoms with E-state index in [0.717, 1.165) is 77.3 Å². The van der Waals surface area contributed by atoms with Crippen molar-refractivity contribution in [1.29, 1.82) is 0 Å². The molecule has 294 valence electrons. The van der Waals surface area contributed by atoms with Gasteiger partial charge in [0.15, 0.2) is 11.6 Å². The quantitative estimate of drug-likeness (QED) is 0.168. The van der Waals surface area contributed by atoms with E-state index in [0.29, 0.717) is 17.6 Å². The smallest absolute Gasteiger partial charge is 0.238 e. The lowest BCUT2D eigenvalue weighted by Crippen LogP contribution is -2.07. The Kier molecular flexibility index (Phi) is 8.01. The molecule has 0 spiro atoms. The van der Waals surface area contributed by atoms with E-state index >= 15 is 0 Å². The zero-order valence-electron chi connectivity index (χ0n) is 33.9. The second-order valence-electron chi connectivity index (χ2n) is 16.0. The molecule has 0 saturated heterocycles. The van der Waals surface area contributed by atoms with Crippen LogP contribution in [0.2, 0.25) is 0 Å². The van der Waals surface area contributed by atoms with Gasteiger partial charge in [0.1, 0.15) is 0 Å². The first kappa shape index (κ1) is 35.6. The lowest BCUT2D eigenvalue weighted by atomic mass is 9.95. The van der Waals surface area contributed by atoms with Gasteiger partial charge in [0, 0.05) is 64.0 Å². The zero-order chi connectivity index (χ0) is 41.4. The van der Waals surface area contributed by atoms with E-state index in [4.69, 9.17) is 15.0 Å². The first-order valence-corrected chi connectivity index (χ1v) is 22.0. The van der Waals surface area contributed by atoms with Crippen molar-refractivity contribution in [2.75, 3.05) is 0 Å². The minimum Gasteiger partial charge on any atom is -0.306 e. The molecule has 0 atom stereocenters. The van der Waals surface area contributed by atoms with E-state index < -0.39 is 0 Å². The maximum atomic E-state index is 5.47. The lowest BCUT2D eigenvalue weighted by Gasteiger charge is -2.20. The number of thiophene rings is 1. The number of hydrogen-bond acceptors (Lipinski definition) is 4. The van der Waals surface area contributed by atoms with Crippen LogP contribution in [-0.2, 0) is 0 Å². The van der Waals surface area contributed by atoms with Crippen molar-refractivity contribution in [2.45, 2.75) is 0 Å². The Labute approximate surface area is 366 Å². The summed E-state index contributed by atoms with van der Waals surface area (Å²) in [5.41, 5.74) is 11.8. The number of fused-ring (bicyclic) bond motifs is 10. The van der Waals surface area contributed by atoms with Gasteiger partial charge in [-0.05, 0) is 47.5 Å². The van der Waals surface area contributed by atoms with Crippen molar-refractivity contribution in [2.24, 2.45) is 0 Å². The van der Waals surface area contributed by atoms with Crippen molar-refractivity contribution < 1.29 is 0 Å². The molecule has 63 heavy (non-hydrogen) atoms. The van der Waals surface area contributed by atoms with Crippen LogP contribution in [0.15, 0.2) is 212 Å². The van der Waals surface area contributed by atoms with Crippen LogP contribution >= 0.6 is 11.3 Å². The Balaban J connectivity index is 1.18. The summed E-state index contributed by atoms with van der Waals surface area (Å²) in [6, 6.07) is 75.7. The molecule has 0 amide bonds. The Morgan fingerprint density at radius 2 is 0.810 bits per heavy atom. The van der Waals surface area contributed by atoms with Gasteiger partial charge in [-0.3, -0.25) is 4.57 Å². The number of hydrogen-bond donors (Lipinski definition) is 0. The van der Waals surface area contributed by atoms with Crippen LogP contribution in [0.1, 0.15) is 0 Å². The van der Waals surface area contributed by atoms with Crippen LogP contribution in [-0.4, -0.2) is 24.1 Å². The molecule has 13 rings (SSSR count). The number of nitrogens with zero attached hydrogens (tertiary/aromatic N) is 5. The fourth-order valence-electron chi connectivity index (χ4n) is 9.60.